The number of aliphatic hydroxyl groups excluding tert-OH is 1. The summed E-state index contributed by atoms with van der Waals surface area (Å²) in [5, 5.41) is 20.7. The van der Waals surface area contributed by atoms with Crippen molar-refractivity contribution in [1.29, 1.82) is 5.26 Å². The standard InChI is InChI=1S/C13H18N2O2/c1-11-3-4-12(10-14)13(9-11)15-5-2-7-17-8-6-16/h3-4,9,15-16H,2,5-8H2,1H3. The number of benzene rings is 1. The minimum absolute atomic E-state index is 0.0594. The van der Waals surface area contributed by atoms with Gasteiger partial charge in [-0.1, -0.05) is 6.07 Å². The molecule has 0 amide bonds. The fourth-order valence-electron chi connectivity index (χ4n) is 1.47. The lowest BCUT2D eigenvalue weighted by atomic mass is 10.1. The van der Waals surface area contributed by atoms with Crippen molar-refractivity contribution in [3.63, 3.8) is 0 Å². The van der Waals surface area contributed by atoms with E-state index in [1.165, 1.54) is 0 Å². The fraction of sp³-hybridized carbons (Fsp3) is 0.462. The molecule has 1 rings (SSSR count). The van der Waals surface area contributed by atoms with Crippen LogP contribution in [0.4, 0.5) is 5.69 Å². The molecule has 0 spiro atoms. The Hall–Kier alpha value is -1.57. The van der Waals surface area contributed by atoms with Gasteiger partial charge in [0.2, 0.25) is 0 Å². The number of nitrogens with zero attached hydrogens (tertiary/aromatic N) is 1. The average molecular weight is 234 g/mol. The molecule has 1 aromatic carbocycles. The van der Waals surface area contributed by atoms with E-state index in [2.05, 4.69) is 11.4 Å². The van der Waals surface area contributed by atoms with E-state index >= 15 is 0 Å². The topological polar surface area (TPSA) is 65.3 Å². The molecule has 2 N–H and O–H groups in total. The number of aryl methyl sites for hydroxylation is 1. The van der Waals surface area contributed by atoms with Crippen LogP contribution in [0.1, 0.15) is 17.5 Å². The van der Waals surface area contributed by atoms with Crippen LogP contribution in [-0.2, 0) is 4.74 Å². The van der Waals surface area contributed by atoms with Gasteiger partial charge in [-0.05, 0) is 31.0 Å². The average Bonchev–Trinajstić information content (AvgIpc) is 2.34. The minimum Gasteiger partial charge on any atom is -0.394 e. The molecule has 0 saturated carbocycles. The van der Waals surface area contributed by atoms with E-state index in [9.17, 15) is 0 Å². The molecule has 92 valence electrons. The Labute approximate surface area is 102 Å². The Balaban J connectivity index is 2.36. The van der Waals surface area contributed by atoms with Gasteiger partial charge in [-0.25, -0.2) is 0 Å². The van der Waals surface area contributed by atoms with Crippen LogP contribution in [0.2, 0.25) is 0 Å². The van der Waals surface area contributed by atoms with Gasteiger partial charge in [0.05, 0.1) is 24.5 Å². The molecule has 0 aliphatic heterocycles. The van der Waals surface area contributed by atoms with E-state index in [-0.39, 0.29) is 6.61 Å². The molecule has 0 bridgehead atoms. The van der Waals surface area contributed by atoms with E-state index in [0.29, 0.717) is 18.8 Å². The molecule has 4 nitrogen and oxygen atoms in total. The van der Waals surface area contributed by atoms with Crippen LogP contribution in [0.3, 0.4) is 0 Å². The largest absolute Gasteiger partial charge is 0.394 e. The minimum atomic E-state index is 0.0594. The smallest absolute Gasteiger partial charge is 0.101 e. The van der Waals surface area contributed by atoms with Crippen LogP contribution in [0, 0.1) is 18.3 Å². The maximum atomic E-state index is 8.94. The van der Waals surface area contributed by atoms with Crippen LogP contribution in [0.5, 0.6) is 0 Å². The summed E-state index contributed by atoms with van der Waals surface area (Å²) in [6.07, 6.45) is 0.846. The van der Waals surface area contributed by atoms with Gasteiger partial charge in [-0.15, -0.1) is 0 Å². The number of hydrogen-bond donors (Lipinski definition) is 2. The van der Waals surface area contributed by atoms with Gasteiger partial charge in [0.1, 0.15) is 6.07 Å². The van der Waals surface area contributed by atoms with Gasteiger partial charge in [-0.3, -0.25) is 0 Å². The molecule has 0 aliphatic rings. The van der Waals surface area contributed by atoms with Gasteiger partial charge < -0.3 is 15.2 Å². The monoisotopic (exact) mass is 234 g/mol. The molecule has 17 heavy (non-hydrogen) atoms. The van der Waals surface area contributed by atoms with Crippen molar-refractivity contribution in [2.75, 3.05) is 31.7 Å². The van der Waals surface area contributed by atoms with Crippen LogP contribution < -0.4 is 5.32 Å². The predicted octanol–water partition coefficient (Wildman–Crippen LogP) is 1.68. The van der Waals surface area contributed by atoms with E-state index in [1.807, 2.05) is 25.1 Å². The van der Waals surface area contributed by atoms with Crippen molar-refractivity contribution in [3.05, 3.63) is 29.3 Å². The number of ether oxygens (including phenoxy) is 1. The first kappa shape index (κ1) is 13.5. The quantitative estimate of drug-likeness (QED) is 0.704. The third kappa shape index (κ3) is 4.85. The maximum absolute atomic E-state index is 8.94. The summed E-state index contributed by atoms with van der Waals surface area (Å²) in [5.41, 5.74) is 2.66. The number of rotatable bonds is 7. The highest BCUT2D eigenvalue weighted by Gasteiger charge is 2.00. The molecular weight excluding hydrogens is 216 g/mol. The molecule has 0 fully saturated rings. The Morgan fingerprint density at radius 2 is 2.24 bits per heavy atom. The van der Waals surface area contributed by atoms with Crippen LogP contribution in [0.15, 0.2) is 18.2 Å². The molecule has 0 unspecified atom stereocenters. The molecule has 0 aromatic heterocycles. The van der Waals surface area contributed by atoms with Crippen LogP contribution in [-0.4, -0.2) is 31.5 Å². The zero-order chi connectivity index (χ0) is 12.5. The van der Waals surface area contributed by atoms with Gasteiger partial charge >= 0.3 is 0 Å². The third-order valence-electron chi connectivity index (χ3n) is 2.31. The fourth-order valence-corrected chi connectivity index (χ4v) is 1.47. The van der Waals surface area contributed by atoms with E-state index < -0.39 is 0 Å². The Morgan fingerprint density at radius 1 is 1.41 bits per heavy atom. The number of anilines is 1. The van der Waals surface area contributed by atoms with Gasteiger partial charge in [0, 0.05) is 13.2 Å². The number of nitriles is 1. The summed E-state index contributed by atoms with van der Waals surface area (Å²) in [6, 6.07) is 7.87. The first-order chi connectivity index (χ1) is 8.27. The van der Waals surface area contributed by atoms with Crippen LogP contribution >= 0.6 is 0 Å². The van der Waals surface area contributed by atoms with Crippen molar-refractivity contribution in [2.45, 2.75) is 13.3 Å². The molecule has 0 radical (unpaired) electrons. The summed E-state index contributed by atoms with van der Waals surface area (Å²) in [4.78, 5) is 0. The molecule has 0 heterocycles. The summed E-state index contributed by atoms with van der Waals surface area (Å²) in [7, 11) is 0. The van der Waals surface area contributed by atoms with Crippen molar-refractivity contribution in [2.24, 2.45) is 0 Å². The van der Waals surface area contributed by atoms with E-state index in [1.54, 1.807) is 0 Å². The lowest BCUT2D eigenvalue weighted by molar-refractivity contribution is 0.0922. The van der Waals surface area contributed by atoms with E-state index in [4.69, 9.17) is 15.1 Å². The third-order valence-corrected chi connectivity index (χ3v) is 2.31. The summed E-state index contributed by atoms with van der Waals surface area (Å²) >= 11 is 0. The van der Waals surface area contributed by atoms with Gasteiger partial charge in [0.15, 0.2) is 0 Å². The Morgan fingerprint density at radius 3 is 2.94 bits per heavy atom. The lowest BCUT2D eigenvalue weighted by Gasteiger charge is -2.09. The molecule has 0 saturated heterocycles. The summed E-state index contributed by atoms with van der Waals surface area (Å²) < 4.78 is 5.15. The van der Waals surface area contributed by atoms with Crippen molar-refractivity contribution < 1.29 is 9.84 Å². The van der Waals surface area contributed by atoms with E-state index in [0.717, 1.165) is 24.2 Å². The normalized spacial score (nSPS) is 9.94. The molecular formula is C13H18N2O2. The summed E-state index contributed by atoms with van der Waals surface area (Å²) in [5.74, 6) is 0. The number of nitrogens with one attached hydrogen (secondary N) is 1. The van der Waals surface area contributed by atoms with Gasteiger partial charge in [-0.2, -0.15) is 5.26 Å². The highest BCUT2D eigenvalue weighted by molar-refractivity contribution is 5.58. The zero-order valence-electron chi connectivity index (χ0n) is 10.1. The van der Waals surface area contributed by atoms with Gasteiger partial charge in [0.25, 0.3) is 0 Å². The summed E-state index contributed by atoms with van der Waals surface area (Å²) in [6.45, 7) is 3.80. The van der Waals surface area contributed by atoms with Crippen LogP contribution in [0.25, 0.3) is 0 Å². The molecule has 1 aromatic rings. The Bertz CT molecular complexity index is 385. The number of aliphatic hydroxyl groups is 1. The molecule has 0 atom stereocenters. The zero-order valence-corrected chi connectivity index (χ0v) is 10.1. The SMILES string of the molecule is Cc1ccc(C#N)c(NCCCOCCO)c1. The van der Waals surface area contributed by atoms with Crippen molar-refractivity contribution in [1.82, 2.24) is 0 Å². The first-order valence-electron chi connectivity index (χ1n) is 5.71. The maximum Gasteiger partial charge on any atom is 0.101 e. The second-order valence-corrected chi connectivity index (χ2v) is 3.78. The second-order valence-electron chi connectivity index (χ2n) is 3.78. The first-order valence-corrected chi connectivity index (χ1v) is 5.71. The van der Waals surface area contributed by atoms with Crippen molar-refractivity contribution >= 4 is 5.69 Å². The van der Waals surface area contributed by atoms with Crippen molar-refractivity contribution in [3.8, 4) is 6.07 Å². The highest BCUT2D eigenvalue weighted by Crippen LogP contribution is 2.16. The lowest BCUT2D eigenvalue weighted by Crippen LogP contribution is -2.08. The Kier molecular flexibility index (Phi) is 6.08. The predicted molar refractivity (Wildman–Crippen MR) is 66.9 cm³/mol. The molecule has 4 heteroatoms. The highest BCUT2D eigenvalue weighted by atomic mass is 16.5. The number of hydrogen-bond acceptors (Lipinski definition) is 4. The molecule has 0 aliphatic carbocycles. The second kappa shape index (κ2) is 7.66.